The van der Waals surface area contributed by atoms with E-state index in [2.05, 4.69) is 0 Å². The molecule has 1 aromatic rings. The molecule has 0 unspecified atom stereocenters. The quantitative estimate of drug-likeness (QED) is 0.640. The van der Waals surface area contributed by atoms with Crippen molar-refractivity contribution in [2.24, 2.45) is 0 Å². The normalized spacial score (nSPS) is 11.7. The number of hydrogen-bond donors (Lipinski definition) is 0. The first kappa shape index (κ1) is 9.83. The number of rotatable bonds is 1. The van der Waals surface area contributed by atoms with Gasteiger partial charge < -0.3 is 4.57 Å². The SMILES string of the molecule is Cc1cc(Cl)cc(P(C)(C)=O)c1. The van der Waals surface area contributed by atoms with E-state index in [1.54, 1.807) is 19.4 Å². The third-order valence-corrected chi connectivity index (χ3v) is 3.37. The molecular weight excluding hydrogens is 191 g/mol. The van der Waals surface area contributed by atoms with Gasteiger partial charge in [0.25, 0.3) is 0 Å². The highest BCUT2D eigenvalue weighted by atomic mass is 35.5. The molecule has 0 saturated carbocycles. The lowest BCUT2D eigenvalue weighted by Gasteiger charge is -2.07. The number of benzene rings is 1. The molecule has 1 rings (SSSR count). The monoisotopic (exact) mass is 202 g/mol. The van der Waals surface area contributed by atoms with Gasteiger partial charge in [-0.1, -0.05) is 11.6 Å². The van der Waals surface area contributed by atoms with Gasteiger partial charge in [0.15, 0.2) is 0 Å². The smallest absolute Gasteiger partial charge is 0.109 e. The zero-order chi connectivity index (χ0) is 9.35. The van der Waals surface area contributed by atoms with Gasteiger partial charge in [0, 0.05) is 10.3 Å². The molecule has 0 amide bonds. The number of aryl methyl sites for hydroxylation is 1. The Morgan fingerprint density at radius 3 is 2.25 bits per heavy atom. The van der Waals surface area contributed by atoms with Crippen molar-refractivity contribution in [1.82, 2.24) is 0 Å². The van der Waals surface area contributed by atoms with Gasteiger partial charge in [-0.05, 0) is 44.0 Å². The van der Waals surface area contributed by atoms with Crippen molar-refractivity contribution in [3.63, 3.8) is 0 Å². The topological polar surface area (TPSA) is 17.1 Å². The van der Waals surface area contributed by atoms with Gasteiger partial charge in [-0.25, -0.2) is 0 Å². The minimum absolute atomic E-state index is 0.661. The van der Waals surface area contributed by atoms with Crippen molar-refractivity contribution in [3.05, 3.63) is 28.8 Å². The Kier molecular flexibility index (Phi) is 2.65. The summed E-state index contributed by atoms with van der Waals surface area (Å²) in [6.45, 7) is 5.45. The molecule has 1 nitrogen and oxygen atoms in total. The molecule has 3 heteroatoms. The van der Waals surface area contributed by atoms with Crippen LogP contribution in [0.5, 0.6) is 0 Å². The van der Waals surface area contributed by atoms with E-state index >= 15 is 0 Å². The Labute approximate surface area is 78.1 Å². The summed E-state index contributed by atoms with van der Waals surface area (Å²) in [5.41, 5.74) is 1.06. The first-order valence-electron chi connectivity index (χ1n) is 3.72. The van der Waals surface area contributed by atoms with Crippen LogP contribution in [0.3, 0.4) is 0 Å². The van der Waals surface area contributed by atoms with Crippen molar-refractivity contribution in [3.8, 4) is 0 Å². The Morgan fingerprint density at radius 1 is 1.25 bits per heavy atom. The summed E-state index contributed by atoms with van der Waals surface area (Å²) in [5.74, 6) is 0. The Morgan fingerprint density at radius 2 is 1.83 bits per heavy atom. The first-order chi connectivity index (χ1) is 5.39. The molecule has 0 N–H and O–H groups in total. The summed E-state index contributed by atoms with van der Waals surface area (Å²) < 4.78 is 11.7. The Bertz CT molecular complexity index is 320. The van der Waals surface area contributed by atoms with Gasteiger partial charge in [-0.15, -0.1) is 0 Å². The second kappa shape index (κ2) is 3.24. The molecule has 0 aliphatic carbocycles. The highest BCUT2D eigenvalue weighted by molar-refractivity contribution is 7.70. The van der Waals surface area contributed by atoms with Crippen LogP contribution in [0, 0.1) is 6.92 Å². The molecule has 12 heavy (non-hydrogen) atoms. The second-order valence-corrected chi connectivity index (χ2v) is 6.99. The van der Waals surface area contributed by atoms with Gasteiger partial charge in [-0.3, -0.25) is 0 Å². The molecule has 0 radical (unpaired) electrons. The Hall–Kier alpha value is -0.260. The molecule has 1 aromatic carbocycles. The fourth-order valence-electron chi connectivity index (χ4n) is 1.03. The van der Waals surface area contributed by atoms with Crippen LogP contribution in [0.4, 0.5) is 0 Å². The molecular formula is C9H12ClOP. The van der Waals surface area contributed by atoms with Crippen LogP contribution in [0.1, 0.15) is 5.56 Å². The van der Waals surface area contributed by atoms with Gasteiger partial charge in [-0.2, -0.15) is 0 Å². The lowest BCUT2D eigenvalue weighted by atomic mass is 10.2. The highest BCUT2D eigenvalue weighted by Crippen LogP contribution is 2.35. The van der Waals surface area contributed by atoms with E-state index in [1.807, 2.05) is 19.1 Å². The summed E-state index contributed by atoms with van der Waals surface area (Å²) in [6, 6.07) is 5.56. The summed E-state index contributed by atoms with van der Waals surface area (Å²) >= 11 is 5.84. The molecule has 0 saturated heterocycles. The van der Waals surface area contributed by atoms with Crippen LogP contribution in [-0.4, -0.2) is 13.3 Å². The lowest BCUT2D eigenvalue weighted by Crippen LogP contribution is -2.02. The molecule has 0 spiro atoms. The summed E-state index contributed by atoms with van der Waals surface area (Å²) in [5, 5.41) is 1.52. The van der Waals surface area contributed by atoms with Gasteiger partial charge in [0.1, 0.15) is 7.14 Å². The van der Waals surface area contributed by atoms with Crippen molar-refractivity contribution >= 4 is 24.0 Å². The maximum Gasteiger partial charge on any atom is 0.109 e. The zero-order valence-corrected chi connectivity index (χ0v) is 9.12. The zero-order valence-electron chi connectivity index (χ0n) is 7.47. The van der Waals surface area contributed by atoms with Crippen molar-refractivity contribution in [2.45, 2.75) is 6.92 Å². The molecule has 0 aliphatic rings. The number of hydrogen-bond acceptors (Lipinski definition) is 1. The molecule has 0 bridgehead atoms. The van der Waals surface area contributed by atoms with Gasteiger partial charge in [0.2, 0.25) is 0 Å². The lowest BCUT2D eigenvalue weighted by molar-refractivity contribution is 0.588. The molecule has 0 aromatic heterocycles. The van der Waals surface area contributed by atoms with Crippen LogP contribution >= 0.6 is 18.7 Å². The maximum absolute atomic E-state index is 11.7. The van der Waals surface area contributed by atoms with E-state index in [-0.39, 0.29) is 0 Å². The molecule has 0 fully saturated rings. The van der Waals surface area contributed by atoms with Crippen LogP contribution in [0.2, 0.25) is 5.02 Å². The van der Waals surface area contributed by atoms with E-state index in [9.17, 15) is 4.57 Å². The van der Waals surface area contributed by atoms with Crippen molar-refractivity contribution in [2.75, 3.05) is 13.3 Å². The van der Waals surface area contributed by atoms with Crippen LogP contribution in [0.25, 0.3) is 0 Å². The van der Waals surface area contributed by atoms with Crippen LogP contribution < -0.4 is 5.30 Å². The van der Waals surface area contributed by atoms with Crippen LogP contribution in [-0.2, 0) is 4.57 Å². The summed E-state index contributed by atoms with van der Waals surface area (Å²) in [6.07, 6.45) is 0. The van der Waals surface area contributed by atoms with Gasteiger partial charge >= 0.3 is 0 Å². The van der Waals surface area contributed by atoms with E-state index < -0.39 is 7.14 Å². The average Bonchev–Trinajstić information content (AvgIpc) is 1.82. The van der Waals surface area contributed by atoms with Crippen LogP contribution in [0.15, 0.2) is 18.2 Å². The standard InChI is InChI=1S/C9H12ClOP/c1-7-4-8(10)6-9(5-7)12(2,3)11/h4-6H,1-3H3. The van der Waals surface area contributed by atoms with Crippen molar-refractivity contribution in [1.29, 1.82) is 0 Å². The average molecular weight is 203 g/mol. The van der Waals surface area contributed by atoms with E-state index in [1.165, 1.54) is 0 Å². The number of halogens is 1. The third kappa shape index (κ3) is 2.36. The molecule has 66 valence electrons. The molecule has 0 heterocycles. The third-order valence-electron chi connectivity index (χ3n) is 1.65. The minimum atomic E-state index is -2.16. The fourth-order valence-corrected chi connectivity index (χ4v) is 2.36. The summed E-state index contributed by atoms with van der Waals surface area (Å²) in [4.78, 5) is 0. The summed E-state index contributed by atoms with van der Waals surface area (Å²) in [7, 11) is -2.16. The van der Waals surface area contributed by atoms with E-state index in [4.69, 9.17) is 11.6 Å². The fraction of sp³-hybridized carbons (Fsp3) is 0.333. The van der Waals surface area contributed by atoms with E-state index in [0.717, 1.165) is 10.9 Å². The maximum atomic E-state index is 11.7. The first-order valence-corrected chi connectivity index (χ1v) is 6.70. The largest absolute Gasteiger partial charge is 0.319 e. The highest BCUT2D eigenvalue weighted by Gasteiger charge is 2.11. The predicted octanol–water partition coefficient (Wildman–Crippen LogP) is 2.90. The molecule has 0 aliphatic heterocycles. The van der Waals surface area contributed by atoms with Crippen molar-refractivity contribution < 1.29 is 4.57 Å². The van der Waals surface area contributed by atoms with Gasteiger partial charge in [0.05, 0.1) is 0 Å². The Balaban J connectivity index is 3.27. The van der Waals surface area contributed by atoms with E-state index in [0.29, 0.717) is 5.02 Å². The second-order valence-electron chi connectivity index (χ2n) is 3.34. The minimum Gasteiger partial charge on any atom is -0.319 e. The predicted molar refractivity (Wildman–Crippen MR) is 55.3 cm³/mol. The molecule has 0 atom stereocenters.